The Kier molecular flexibility index (Phi) is 3.61. The van der Waals surface area contributed by atoms with E-state index in [2.05, 4.69) is 20.9 Å². The van der Waals surface area contributed by atoms with Gasteiger partial charge in [-0.1, -0.05) is 12.1 Å². The molecule has 1 aromatic carbocycles. The number of hydrogen-bond donors (Lipinski definition) is 0. The Morgan fingerprint density at radius 2 is 2.06 bits per heavy atom. The molecule has 0 amide bonds. The van der Waals surface area contributed by atoms with Crippen LogP contribution < -0.4 is 0 Å². The van der Waals surface area contributed by atoms with Crippen molar-refractivity contribution in [2.75, 3.05) is 0 Å². The largest absolute Gasteiger partial charge is 0.456 e. The van der Waals surface area contributed by atoms with Crippen LogP contribution in [0.2, 0.25) is 0 Å². The van der Waals surface area contributed by atoms with Crippen LogP contribution in [0, 0.1) is 5.82 Å². The van der Waals surface area contributed by atoms with Gasteiger partial charge in [0, 0.05) is 12.3 Å². The maximum absolute atomic E-state index is 13.9. The molecule has 0 spiro atoms. The fourth-order valence-corrected chi connectivity index (χ4v) is 2.00. The van der Waals surface area contributed by atoms with Crippen LogP contribution in [0.5, 0.6) is 0 Å². The number of aromatic nitrogens is 1. The minimum Gasteiger partial charge on any atom is -0.456 e. The van der Waals surface area contributed by atoms with Crippen molar-refractivity contribution in [2.45, 2.75) is 20.0 Å². The summed E-state index contributed by atoms with van der Waals surface area (Å²) >= 11 is 3.12. The first-order valence-electron chi connectivity index (χ1n) is 5.41. The molecule has 0 aliphatic rings. The molecule has 0 saturated heterocycles. The van der Waals surface area contributed by atoms with Crippen LogP contribution in [0.4, 0.5) is 4.39 Å². The first kappa shape index (κ1) is 13.0. The topological polar surface area (TPSA) is 39.2 Å². The van der Waals surface area contributed by atoms with E-state index >= 15 is 0 Å². The molecule has 0 aliphatic carbocycles. The number of esters is 1. The number of nitrogens with zero attached hydrogens (tertiary/aromatic N) is 1. The molecule has 0 radical (unpaired) electrons. The second-order valence-corrected chi connectivity index (χ2v) is 4.78. The van der Waals surface area contributed by atoms with Gasteiger partial charge in [-0.2, -0.15) is 0 Å². The number of hydrogen-bond acceptors (Lipinski definition) is 3. The third-order valence-corrected chi connectivity index (χ3v) is 3.15. The molecule has 2 rings (SSSR count). The summed E-state index contributed by atoms with van der Waals surface area (Å²) in [5.74, 6) is -0.802. The lowest BCUT2D eigenvalue weighted by Gasteiger charge is -2.12. The number of carbonyl (C=O) groups excluding carboxylic acids is 1. The van der Waals surface area contributed by atoms with Crippen molar-refractivity contribution in [3.05, 3.63) is 40.2 Å². The van der Waals surface area contributed by atoms with Gasteiger partial charge in [0.15, 0.2) is 5.82 Å². The zero-order chi connectivity index (χ0) is 13.3. The van der Waals surface area contributed by atoms with Crippen LogP contribution in [-0.2, 0) is 9.53 Å². The number of ether oxygens (including phenoxy) is 1. The van der Waals surface area contributed by atoms with Gasteiger partial charge in [-0.05, 0) is 35.0 Å². The quantitative estimate of drug-likeness (QED) is 0.793. The summed E-state index contributed by atoms with van der Waals surface area (Å²) in [5, 5.41) is 0.703. The van der Waals surface area contributed by atoms with Gasteiger partial charge >= 0.3 is 5.97 Å². The Bertz CT molecular complexity index is 615. The first-order valence-corrected chi connectivity index (χ1v) is 6.20. The van der Waals surface area contributed by atoms with Crippen LogP contribution in [0.3, 0.4) is 0 Å². The number of benzene rings is 1. The van der Waals surface area contributed by atoms with Crippen molar-refractivity contribution in [3.63, 3.8) is 0 Å². The summed E-state index contributed by atoms with van der Waals surface area (Å²) in [6, 6.07) is 6.89. The Morgan fingerprint density at radius 1 is 1.39 bits per heavy atom. The molecule has 0 N–H and O–H groups in total. The van der Waals surface area contributed by atoms with Crippen LogP contribution in [0.15, 0.2) is 28.7 Å². The van der Waals surface area contributed by atoms with Gasteiger partial charge < -0.3 is 4.74 Å². The Hall–Kier alpha value is -1.49. The van der Waals surface area contributed by atoms with Crippen molar-refractivity contribution >= 4 is 32.8 Å². The standard InChI is InChI=1S/C13H11BrFNO2/c1-7(18-8(2)17)11-6-4-9-3-5-10(14)12(15)13(9)16-11/h3-7H,1-2H3. The summed E-state index contributed by atoms with van der Waals surface area (Å²) < 4.78 is 19.3. The minimum absolute atomic E-state index is 0.265. The number of fused-ring (bicyclic) bond motifs is 1. The monoisotopic (exact) mass is 311 g/mol. The second-order valence-electron chi connectivity index (χ2n) is 3.92. The summed E-state index contributed by atoms with van der Waals surface area (Å²) in [5.41, 5.74) is 0.788. The maximum Gasteiger partial charge on any atom is 0.303 e. The molecule has 0 aliphatic heterocycles. The van der Waals surface area contributed by atoms with Gasteiger partial charge in [0.2, 0.25) is 0 Å². The normalized spacial score (nSPS) is 12.4. The number of halogens is 2. The highest BCUT2D eigenvalue weighted by molar-refractivity contribution is 9.10. The Labute approximate surface area is 112 Å². The second kappa shape index (κ2) is 5.02. The number of pyridine rings is 1. The lowest BCUT2D eigenvalue weighted by Crippen LogP contribution is -2.06. The third kappa shape index (κ3) is 2.51. The number of rotatable bonds is 2. The molecule has 18 heavy (non-hydrogen) atoms. The third-order valence-electron chi connectivity index (χ3n) is 2.53. The predicted octanol–water partition coefficient (Wildman–Crippen LogP) is 3.76. The Morgan fingerprint density at radius 3 is 2.72 bits per heavy atom. The van der Waals surface area contributed by atoms with E-state index in [1.165, 1.54) is 6.92 Å². The van der Waals surface area contributed by atoms with E-state index in [1.54, 1.807) is 31.2 Å². The van der Waals surface area contributed by atoms with Gasteiger partial charge in [-0.25, -0.2) is 9.37 Å². The van der Waals surface area contributed by atoms with Crippen molar-refractivity contribution < 1.29 is 13.9 Å². The van der Waals surface area contributed by atoms with Gasteiger partial charge in [0.05, 0.1) is 10.2 Å². The zero-order valence-corrected chi connectivity index (χ0v) is 11.5. The summed E-state index contributed by atoms with van der Waals surface area (Å²) in [6.45, 7) is 3.03. The van der Waals surface area contributed by atoms with E-state index in [9.17, 15) is 9.18 Å². The Balaban J connectivity index is 2.49. The average Bonchev–Trinajstić information content (AvgIpc) is 2.33. The molecule has 5 heteroatoms. The van der Waals surface area contributed by atoms with Crippen LogP contribution >= 0.6 is 15.9 Å². The maximum atomic E-state index is 13.9. The van der Waals surface area contributed by atoms with E-state index in [-0.39, 0.29) is 11.5 Å². The molecular weight excluding hydrogens is 301 g/mol. The van der Waals surface area contributed by atoms with Gasteiger partial charge in [-0.15, -0.1) is 0 Å². The van der Waals surface area contributed by atoms with E-state index < -0.39 is 11.9 Å². The number of carbonyl (C=O) groups is 1. The van der Waals surface area contributed by atoms with Gasteiger partial charge in [0.25, 0.3) is 0 Å². The molecule has 1 unspecified atom stereocenters. The summed E-state index contributed by atoms with van der Waals surface area (Å²) in [6.07, 6.45) is -0.495. The van der Waals surface area contributed by atoms with Crippen LogP contribution in [0.25, 0.3) is 10.9 Å². The van der Waals surface area contributed by atoms with E-state index in [0.29, 0.717) is 15.6 Å². The SMILES string of the molecule is CC(=O)OC(C)c1ccc2ccc(Br)c(F)c2n1. The van der Waals surface area contributed by atoms with Gasteiger partial charge in [-0.3, -0.25) is 4.79 Å². The highest BCUT2D eigenvalue weighted by Gasteiger charge is 2.13. The summed E-state index contributed by atoms with van der Waals surface area (Å²) in [7, 11) is 0. The summed E-state index contributed by atoms with van der Waals surface area (Å²) in [4.78, 5) is 15.1. The molecule has 3 nitrogen and oxygen atoms in total. The molecule has 2 aromatic rings. The van der Waals surface area contributed by atoms with Gasteiger partial charge in [0.1, 0.15) is 11.6 Å². The predicted molar refractivity (Wildman–Crippen MR) is 69.6 cm³/mol. The highest BCUT2D eigenvalue weighted by Crippen LogP contribution is 2.25. The first-order chi connectivity index (χ1) is 8.49. The van der Waals surface area contributed by atoms with Crippen molar-refractivity contribution in [2.24, 2.45) is 0 Å². The molecule has 94 valence electrons. The molecule has 0 fully saturated rings. The molecule has 1 atom stereocenters. The molecular formula is C13H11BrFNO2. The molecule has 1 heterocycles. The minimum atomic E-state index is -0.495. The molecule has 0 bridgehead atoms. The molecule has 0 saturated carbocycles. The smallest absolute Gasteiger partial charge is 0.303 e. The van der Waals surface area contributed by atoms with Crippen molar-refractivity contribution in [3.8, 4) is 0 Å². The molecule has 1 aromatic heterocycles. The highest BCUT2D eigenvalue weighted by atomic mass is 79.9. The van der Waals surface area contributed by atoms with E-state index in [1.807, 2.05) is 0 Å². The van der Waals surface area contributed by atoms with Crippen molar-refractivity contribution in [1.29, 1.82) is 0 Å². The lowest BCUT2D eigenvalue weighted by molar-refractivity contribution is -0.145. The fraction of sp³-hybridized carbons (Fsp3) is 0.231. The van der Waals surface area contributed by atoms with Crippen molar-refractivity contribution in [1.82, 2.24) is 4.98 Å². The van der Waals surface area contributed by atoms with Crippen LogP contribution in [0.1, 0.15) is 25.6 Å². The van der Waals surface area contributed by atoms with Crippen LogP contribution in [-0.4, -0.2) is 11.0 Å². The average molecular weight is 312 g/mol. The van der Waals surface area contributed by atoms with E-state index in [0.717, 1.165) is 0 Å². The zero-order valence-electron chi connectivity index (χ0n) is 9.91. The van der Waals surface area contributed by atoms with E-state index in [4.69, 9.17) is 4.74 Å². The fourth-order valence-electron chi connectivity index (χ4n) is 1.68. The lowest BCUT2D eigenvalue weighted by atomic mass is 10.1.